The Labute approximate surface area is 132 Å². The molecule has 23 heavy (non-hydrogen) atoms. The molecule has 0 atom stereocenters. The molecule has 1 N–H and O–H groups in total. The Morgan fingerprint density at radius 2 is 1.43 bits per heavy atom. The first-order chi connectivity index (χ1) is 10.5. The zero-order valence-electron chi connectivity index (χ0n) is 12.7. The van der Waals surface area contributed by atoms with E-state index in [0.717, 1.165) is 6.07 Å². The Morgan fingerprint density at radius 1 is 0.913 bits per heavy atom. The molecule has 0 aromatic heterocycles. The molecule has 0 spiro atoms. The van der Waals surface area contributed by atoms with Crippen LogP contribution in [0.15, 0.2) is 29.2 Å². The standard InChI is InChI=1S/C16H14O6S/c1-16(2,3)10-6-4-8-12-9(15(18)22-14(8)17)5-7-11(13(10)12)23(19,20)21/h4-7H,1-3H3,(H,19,20,21). The molecule has 6 nitrogen and oxygen atoms in total. The molecule has 1 aliphatic rings. The van der Waals surface area contributed by atoms with Crippen molar-refractivity contribution in [2.75, 3.05) is 0 Å². The Morgan fingerprint density at radius 3 is 1.91 bits per heavy atom. The predicted molar refractivity (Wildman–Crippen MR) is 82.2 cm³/mol. The highest BCUT2D eigenvalue weighted by molar-refractivity contribution is 7.86. The highest BCUT2D eigenvalue weighted by Crippen LogP contribution is 2.39. The summed E-state index contributed by atoms with van der Waals surface area (Å²) in [6.07, 6.45) is 0. The second kappa shape index (κ2) is 4.62. The lowest BCUT2D eigenvalue weighted by Crippen LogP contribution is -2.22. The molecule has 7 heteroatoms. The predicted octanol–water partition coefficient (Wildman–Crippen LogP) is 2.69. The van der Waals surface area contributed by atoms with Crippen molar-refractivity contribution in [3.63, 3.8) is 0 Å². The average Bonchev–Trinajstić information content (AvgIpc) is 2.41. The van der Waals surface area contributed by atoms with Crippen molar-refractivity contribution in [3.05, 3.63) is 41.0 Å². The third-order valence-electron chi connectivity index (χ3n) is 3.83. The molecule has 1 heterocycles. The van der Waals surface area contributed by atoms with E-state index >= 15 is 0 Å². The summed E-state index contributed by atoms with van der Waals surface area (Å²) in [7, 11) is -4.53. The van der Waals surface area contributed by atoms with Crippen LogP contribution in [0.1, 0.15) is 47.1 Å². The van der Waals surface area contributed by atoms with Crippen LogP contribution in [0, 0.1) is 0 Å². The first-order valence-electron chi connectivity index (χ1n) is 6.86. The number of carbonyl (C=O) groups excluding carboxylic acids is 2. The molecule has 3 rings (SSSR count). The molecule has 0 bridgehead atoms. The highest BCUT2D eigenvalue weighted by atomic mass is 32.2. The number of carbonyl (C=O) groups is 2. The van der Waals surface area contributed by atoms with Gasteiger partial charge in [-0.2, -0.15) is 8.42 Å². The second-order valence-electron chi connectivity index (χ2n) is 6.42. The Bertz CT molecular complexity index is 960. The van der Waals surface area contributed by atoms with Crippen LogP contribution in [-0.4, -0.2) is 24.9 Å². The fourth-order valence-corrected chi connectivity index (χ4v) is 3.55. The van der Waals surface area contributed by atoms with Crippen LogP contribution in [-0.2, 0) is 20.3 Å². The number of hydrogen-bond acceptors (Lipinski definition) is 5. The van der Waals surface area contributed by atoms with Crippen molar-refractivity contribution in [3.8, 4) is 0 Å². The van der Waals surface area contributed by atoms with Gasteiger partial charge in [0.05, 0.1) is 11.1 Å². The van der Waals surface area contributed by atoms with E-state index in [1.807, 2.05) is 20.8 Å². The number of ether oxygens (including phenoxy) is 1. The lowest BCUT2D eigenvalue weighted by molar-refractivity contribution is 0.0391. The van der Waals surface area contributed by atoms with Crippen molar-refractivity contribution in [2.45, 2.75) is 31.1 Å². The minimum Gasteiger partial charge on any atom is -0.386 e. The summed E-state index contributed by atoms with van der Waals surface area (Å²) in [5, 5.41) is 0.383. The molecule has 0 saturated carbocycles. The minimum atomic E-state index is -4.53. The number of cyclic esters (lactones) is 2. The van der Waals surface area contributed by atoms with Gasteiger partial charge in [-0.15, -0.1) is 0 Å². The van der Waals surface area contributed by atoms with Crippen LogP contribution in [0.2, 0.25) is 0 Å². The van der Waals surface area contributed by atoms with E-state index in [0.29, 0.717) is 5.56 Å². The average molecular weight is 334 g/mol. The van der Waals surface area contributed by atoms with Crippen molar-refractivity contribution < 1.29 is 27.3 Å². The molecule has 0 unspecified atom stereocenters. The van der Waals surface area contributed by atoms with Gasteiger partial charge in [-0.3, -0.25) is 4.55 Å². The van der Waals surface area contributed by atoms with Crippen LogP contribution >= 0.6 is 0 Å². The molecule has 120 valence electrons. The van der Waals surface area contributed by atoms with E-state index in [9.17, 15) is 22.6 Å². The van der Waals surface area contributed by atoms with Gasteiger partial charge in [0.25, 0.3) is 10.1 Å². The van der Waals surface area contributed by atoms with Crippen LogP contribution < -0.4 is 0 Å². The first-order valence-corrected chi connectivity index (χ1v) is 8.30. The van der Waals surface area contributed by atoms with Crippen LogP contribution in [0.25, 0.3) is 10.8 Å². The zero-order chi connectivity index (χ0) is 17.2. The van der Waals surface area contributed by atoms with E-state index in [-0.39, 0.29) is 26.8 Å². The third-order valence-corrected chi connectivity index (χ3v) is 4.73. The van der Waals surface area contributed by atoms with Gasteiger partial charge in [-0.05, 0) is 29.2 Å². The van der Waals surface area contributed by atoms with Crippen LogP contribution in [0.5, 0.6) is 0 Å². The molecule has 0 amide bonds. The second-order valence-corrected chi connectivity index (χ2v) is 7.81. The van der Waals surface area contributed by atoms with Gasteiger partial charge in [0, 0.05) is 10.8 Å². The van der Waals surface area contributed by atoms with E-state index in [1.165, 1.54) is 12.1 Å². The monoisotopic (exact) mass is 334 g/mol. The topological polar surface area (TPSA) is 97.7 Å². The van der Waals surface area contributed by atoms with Gasteiger partial charge in [-0.25, -0.2) is 9.59 Å². The van der Waals surface area contributed by atoms with Crippen LogP contribution in [0.4, 0.5) is 0 Å². The molecule has 2 aromatic carbocycles. The zero-order valence-corrected chi connectivity index (χ0v) is 13.5. The minimum absolute atomic E-state index is 0.105. The maximum Gasteiger partial charge on any atom is 0.346 e. The summed E-state index contributed by atoms with van der Waals surface area (Å²) in [6, 6.07) is 5.53. The molecular formula is C16H14O6S. The lowest BCUT2D eigenvalue weighted by Gasteiger charge is -2.25. The number of hydrogen-bond donors (Lipinski definition) is 1. The largest absolute Gasteiger partial charge is 0.386 e. The van der Waals surface area contributed by atoms with Gasteiger partial charge in [-0.1, -0.05) is 26.8 Å². The third kappa shape index (κ3) is 2.32. The van der Waals surface area contributed by atoms with Gasteiger partial charge in [0.2, 0.25) is 0 Å². The lowest BCUT2D eigenvalue weighted by atomic mass is 9.81. The Hall–Kier alpha value is -2.25. The Balaban J connectivity index is 2.64. The first kappa shape index (κ1) is 15.6. The number of rotatable bonds is 1. The van der Waals surface area contributed by atoms with E-state index in [2.05, 4.69) is 4.74 Å². The van der Waals surface area contributed by atoms with Crippen molar-refractivity contribution >= 4 is 32.8 Å². The molecule has 0 aliphatic carbocycles. The van der Waals surface area contributed by atoms with Gasteiger partial charge >= 0.3 is 11.9 Å². The summed E-state index contributed by atoms with van der Waals surface area (Å²) >= 11 is 0. The molecule has 0 fully saturated rings. The molecular weight excluding hydrogens is 320 g/mol. The van der Waals surface area contributed by atoms with Gasteiger partial charge in [0.15, 0.2) is 0 Å². The quantitative estimate of drug-likeness (QED) is 0.489. The maximum absolute atomic E-state index is 11.9. The SMILES string of the molecule is CC(C)(C)c1ccc2c3c(ccc(S(=O)(=O)O)c13)C(=O)OC2=O. The van der Waals surface area contributed by atoms with Crippen molar-refractivity contribution in [1.29, 1.82) is 0 Å². The van der Waals surface area contributed by atoms with E-state index in [4.69, 9.17) is 0 Å². The molecule has 0 saturated heterocycles. The fourth-order valence-electron chi connectivity index (χ4n) is 2.84. The summed E-state index contributed by atoms with van der Waals surface area (Å²) in [5.41, 5.74) is 0.343. The molecule has 1 aliphatic heterocycles. The van der Waals surface area contributed by atoms with Crippen LogP contribution in [0.3, 0.4) is 0 Å². The highest BCUT2D eigenvalue weighted by Gasteiger charge is 2.33. The molecule has 0 radical (unpaired) electrons. The summed E-state index contributed by atoms with van der Waals surface area (Å²) in [6.45, 7) is 5.61. The number of benzene rings is 2. The van der Waals surface area contributed by atoms with E-state index in [1.54, 1.807) is 6.07 Å². The number of esters is 2. The normalized spacial score (nSPS) is 15.0. The van der Waals surface area contributed by atoms with Gasteiger partial charge in [0.1, 0.15) is 4.90 Å². The molecule has 2 aromatic rings. The van der Waals surface area contributed by atoms with E-state index < -0.39 is 27.5 Å². The fraction of sp³-hybridized carbons (Fsp3) is 0.250. The summed E-state index contributed by atoms with van der Waals surface area (Å²) in [4.78, 5) is 23.6. The summed E-state index contributed by atoms with van der Waals surface area (Å²) < 4.78 is 37.8. The van der Waals surface area contributed by atoms with Crippen molar-refractivity contribution in [2.24, 2.45) is 0 Å². The van der Waals surface area contributed by atoms with Crippen molar-refractivity contribution in [1.82, 2.24) is 0 Å². The Kier molecular flexibility index (Phi) is 3.14. The van der Waals surface area contributed by atoms with Gasteiger partial charge < -0.3 is 4.74 Å². The smallest absolute Gasteiger partial charge is 0.346 e. The maximum atomic E-state index is 11.9. The summed E-state index contributed by atoms with van der Waals surface area (Å²) in [5.74, 6) is -1.67.